The Kier molecular flexibility index (Phi) is 7.21. The summed E-state index contributed by atoms with van der Waals surface area (Å²) in [6.07, 6.45) is 3.78. The maximum Gasteiger partial charge on any atom is 0.319 e. The lowest BCUT2D eigenvalue weighted by Crippen LogP contribution is -2.52. The third kappa shape index (κ3) is 5.73. The van der Waals surface area contributed by atoms with Crippen LogP contribution in [0.25, 0.3) is 0 Å². The molecule has 9 nitrogen and oxygen atoms in total. The molecule has 1 aromatic carbocycles. The monoisotopic (exact) mass is 470 g/mol. The molecule has 1 aliphatic rings. The molecule has 0 bridgehead atoms. The van der Waals surface area contributed by atoms with E-state index in [-0.39, 0.29) is 23.9 Å². The Morgan fingerprint density at radius 1 is 1.09 bits per heavy atom. The summed E-state index contributed by atoms with van der Waals surface area (Å²) < 4.78 is 5.22. The fourth-order valence-electron chi connectivity index (χ4n) is 4.08. The van der Waals surface area contributed by atoms with Gasteiger partial charge < -0.3 is 20.3 Å². The van der Waals surface area contributed by atoms with E-state index in [1.165, 1.54) is 0 Å². The van der Waals surface area contributed by atoms with Gasteiger partial charge in [0.2, 0.25) is 0 Å². The van der Waals surface area contributed by atoms with E-state index in [2.05, 4.69) is 26.7 Å². The van der Waals surface area contributed by atoms with Crippen LogP contribution in [0.5, 0.6) is 5.75 Å². The highest BCUT2D eigenvalue weighted by Crippen LogP contribution is 2.28. The minimum Gasteiger partial charge on any atom is -0.495 e. The summed E-state index contributed by atoms with van der Waals surface area (Å²) in [5.74, 6) is 0.312. The van der Waals surface area contributed by atoms with E-state index in [1.54, 1.807) is 54.7 Å². The molecule has 9 heteroatoms. The first kappa shape index (κ1) is 23.7. The third-order valence-corrected chi connectivity index (χ3v) is 6.02. The topological polar surface area (TPSA) is 120 Å². The lowest BCUT2D eigenvalue weighted by molar-refractivity contribution is 0.0683. The predicted octanol–water partition coefficient (Wildman–Crippen LogP) is 3.49. The standard InChI is InChI=1S/C26H26N6O3/c1-17-3-6-19(14-28-17)25(33)32-12-11-24(22(16-32)23-10-9-21(35-2)15-29-23)31-26(34)30-20-7-4-18(13-27)5-8-20/h3-10,14-15,22,24H,11-12,16H2,1-2H3,(H2,30,31,34)/t22-,24+/m0/s1. The third-order valence-electron chi connectivity index (χ3n) is 6.02. The minimum absolute atomic E-state index is 0.100. The van der Waals surface area contributed by atoms with Gasteiger partial charge in [-0.15, -0.1) is 0 Å². The van der Waals surface area contributed by atoms with Gasteiger partial charge in [0.05, 0.1) is 30.5 Å². The van der Waals surface area contributed by atoms with Crippen molar-refractivity contribution >= 4 is 17.6 Å². The van der Waals surface area contributed by atoms with Gasteiger partial charge in [-0.05, 0) is 61.9 Å². The van der Waals surface area contributed by atoms with Crippen LogP contribution in [-0.2, 0) is 0 Å². The van der Waals surface area contributed by atoms with Gasteiger partial charge in [0.1, 0.15) is 5.75 Å². The zero-order valence-corrected chi connectivity index (χ0v) is 19.6. The normalized spacial score (nSPS) is 17.2. The van der Waals surface area contributed by atoms with Crippen LogP contribution in [0.2, 0.25) is 0 Å². The quantitative estimate of drug-likeness (QED) is 0.589. The second kappa shape index (κ2) is 10.7. The fourth-order valence-corrected chi connectivity index (χ4v) is 4.08. The van der Waals surface area contributed by atoms with Gasteiger partial charge in [-0.1, -0.05) is 0 Å². The van der Waals surface area contributed by atoms with Crippen molar-refractivity contribution in [2.75, 3.05) is 25.5 Å². The molecular formula is C26H26N6O3. The molecule has 178 valence electrons. The second-order valence-corrected chi connectivity index (χ2v) is 8.35. The number of nitriles is 1. The molecule has 2 aromatic heterocycles. The molecule has 35 heavy (non-hydrogen) atoms. The fraction of sp³-hybridized carbons (Fsp3) is 0.269. The van der Waals surface area contributed by atoms with Gasteiger partial charge in [-0.3, -0.25) is 14.8 Å². The van der Waals surface area contributed by atoms with Crippen molar-refractivity contribution in [1.82, 2.24) is 20.2 Å². The number of pyridine rings is 2. The SMILES string of the molecule is COc1ccc([C@@H]2CN(C(=O)c3ccc(C)nc3)CC[C@H]2NC(=O)Nc2ccc(C#N)cc2)nc1. The predicted molar refractivity (Wildman–Crippen MR) is 130 cm³/mol. The number of ether oxygens (including phenoxy) is 1. The molecule has 1 aliphatic heterocycles. The van der Waals surface area contributed by atoms with Crippen molar-refractivity contribution in [3.63, 3.8) is 0 Å². The molecule has 0 unspecified atom stereocenters. The Morgan fingerprint density at radius 2 is 1.89 bits per heavy atom. The summed E-state index contributed by atoms with van der Waals surface area (Å²) >= 11 is 0. The second-order valence-electron chi connectivity index (χ2n) is 8.35. The van der Waals surface area contributed by atoms with E-state index in [1.807, 2.05) is 25.1 Å². The molecule has 0 radical (unpaired) electrons. The molecule has 2 atom stereocenters. The number of methoxy groups -OCH3 is 1. The number of nitrogens with one attached hydrogen (secondary N) is 2. The molecule has 0 aliphatic carbocycles. The number of benzene rings is 1. The Labute approximate surface area is 203 Å². The van der Waals surface area contributed by atoms with Gasteiger partial charge in [-0.25, -0.2) is 4.79 Å². The highest BCUT2D eigenvalue weighted by molar-refractivity contribution is 5.94. The van der Waals surface area contributed by atoms with E-state index in [0.29, 0.717) is 42.1 Å². The summed E-state index contributed by atoms with van der Waals surface area (Å²) in [6, 6.07) is 15.4. The molecule has 0 saturated carbocycles. The molecular weight excluding hydrogens is 444 g/mol. The number of nitrogens with zero attached hydrogens (tertiary/aromatic N) is 4. The van der Waals surface area contributed by atoms with Crippen LogP contribution >= 0.6 is 0 Å². The van der Waals surface area contributed by atoms with Gasteiger partial charge in [0.25, 0.3) is 5.91 Å². The van der Waals surface area contributed by atoms with Crippen molar-refractivity contribution in [3.05, 3.63) is 83.4 Å². The number of hydrogen-bond acceptors (Lipinski definition) is 6. The number of aryl methyl sites for hydroxylation is 1. The first-order chi connectivity index (χ1) is 17.0. The molecule has 4 rings (SSSR count). The lowest BCUT2D eigenvalue weighted by atomic mass is 9.88. The summed E-state index contributed by atoms with van der Waals surface area (Å²) in [5.41, 5.74) is 3.23. The largest absolute Gasteiger partial charge is 0.495 e. The first-order valence-electron chi connectivity index (χ1n) is 11.3. The average Bonchev–Trinajstić information content (AvgIpc) is 2.89. The Hall–Kier alpha value is -4.45. The van der Waals surface area contributed by atoms with Crippen LogP contribution < -0.4 is 15.4 Å². The Balaban J connectivity index is 1.51. The summed E-state index contributed by atoms with van der Waals surface area (Å²) in [7, 11) is 1.57. The molecule has 3 aromatic rings. The Bertz CT molecular complexity index is 1220. The van der Waals surface area contributed by atoms with E-state index in [0.717, 1.165) is 11.4 Å². The molecule has 1 saturated heterocycles. The van der Waals surface area contributed by atoms with Crippen molar-refractivity contribution < 1.29 is 14.3 Å². The van der Waals surface area contributed by atoms with Crippen LogP contribution in [0.3, 0.4) is 0 Å². The molecule has 2 N–H and O–H groups in total. The number of rotatable bonds is 5. The number of aromatic nitrogens is 2. The highest BCUT2D eigenvalue weighted by Gasteiger charge is 2.34. The molecule has 3 amide bonds. The zero-order valence-electron chi connectivity index (χ0n) is 19.6. The van der Waals surface area contributed by atoms with Crippen molar-refractivity contribution in [1.29, 1.82) is 5.26 Å². The molecule has 0 spiro atoms. The maximum atomic E-state index is 13.1. The Morgan fingerprint density at radius 3 is 2.51 bits per heavy atom. The van der Waals surface area contributed by atoms with Gasteiger partial charge in [0, 0.05) is 48.3 Å². The van der Waals surface area contributed by atoms with Crippen LogP contribution in [0.1, 0.15) is 39.6 Å². The average molecular weight is 471 g/mol. The number of hydrogen-bond donors (Lipinski definition) is 2. The number of likely N-dealkylation sites (tertiary alicyclic amines) is 1. The van der Waals surface area contributed by atoms with Gasteiger partial charge in [-0.2, -0.15) is 5.26 Å². The number of piperidine rings is 1. The number of anilines is 1. The highest BCUT2D eigenvalue weighted by atomic mass is 16.5. The molecule has 3 heterocycles. The number of amides is 3. The minimum atomic E-state index is -0.360. The van der Waals surface area contributed by atoms with Crippen LogP contribution in [-0.4, -0.2) is 53.0 Å². The maximum absolute atomic E-state index is 13.1. The van der Waals surface area contributed by atoms with Gasteiger partial charge >= 0.3 is 6.03 Å². The van der Waals surface area contributed by atoms with Crippen LogP contribution in [0.4, 0.5) is 10.5 Å². The lowest BCUT2D eigenvalue weighted by Gasteiger charge is -2.38. The van der Waals surface area contributed by atoms with E-state index in [4.69, 9.17) is 10.00 Å². The van der Waals surface area contributed by atoms with E-state index in [9.17, 15) is 9.59 Å². The summed E-state index contributed by atoms with van der Waals surface area (Å²) in [5, 5.41) is 14.8. The summed E-state index contributed by atoms with van der Waals surface area (Å²) in [6.45, 7) is 2.76. The molecule has 1 fully saturated rings. The van der Waals surface area contributed by atoms with E-state index >= 15 is 0 Å². The van der Waals surface area contributed by atoms with Crippen LogP contribution in [0.15, 0.2) is 60.9 Å². The zero-order chi connectivity index (χ0) is 24.8. The first-order valence-corrected chi connectivity index (χ1v) is 11.3. The van der Waals surface area contributed by atoms with E-state index < -0.39 is 0 Å². The number of urea groups is 1. The number of carbonyl (C=O) groups excluding carboxylic acids is 2. The number of carbonyl (C=O) groups is 2. The van der Waals surface area contributed by atoms with Crippen molar-refractivity contribution in [2.45, 2.75) is 25.3 Å². The van der Waals surface area contributed by atoms with Gasteiger partial charge in [0.15, 0.2) is 0 Å². The smallest absolute Gasteiger partial charge is 0.319 e. The van der Waals surface area contributed by atoms with Crippen molar-refractivity contribution in [2.24, 2.45) is 0 Å². The van der Waals surface area contributed by atoms with Crippen LogP contribution in [0, 0.1) is 18.3 Å². The summed E-state index contributed by atoms with van der Waals surface area (Å²) in [4.78, 5) is 36.4. The van der Waals surface area contributed by atoms with Crippen molar-refractivity contribution in [3.8, 4) is 11.8 Å².